The number of carbonyl (C=O) groups excluding carboxylic acids is 1. The zero-order valence-electron chi connectivity index (χ0n) is 13.8. The van der Waals surface area contributed by atoms with Crippen molar-refractivity contribution in [2.75, 3.05) is 25.0 Å². The maximum atomic E-state index is 12.3. The summed E-state index contributed by atoms with van der Waals surface area (Å²) in [6.45, 7) is 6.26. The number of aryl methyl sites for hydroxylation is 1. The first kappa shape index (κ1) is 17.4. The van der Waals surface area contributed by atoms with Crippen LogP contribution in [0.5, 0.6) is 0 Å². The Morgan fingerprint density at radius 1 is 1.42 bits per heavy atom. The standard InChI is InChI=1S/C16H21ClN4O2S/c1-3-8-23-15(22)12-9(2)11-13(19-10-4-6-18-7-5-10)20-16(17)21-14(11)24-12/h10,18H,3-8H2,1-2H3,(H,19,20,21). The van der Waals surface area contributed by atoms with Crippen LogP contribution in [0.4, 0.5) is 5.82 Å². The second kappa shape index (κ2) is 7.63. The molecule has 24 heavy (non-hydrogen) atoms. The summed E-state index contributed by atoms with van der Waals surface area (Å²) in [5.41, 5.74) is 0.851. The number of anilines is 1. The van der Waals surface area contributed by atoms with E-state index in [-0.39, 0.29) is 11.3 Å². The summed E-state index contributed by atoms with van der Waals surface area (Å²) in [4.78, 5) is 22.2. The maximum absolute atomic E-state index is 12.3. The smallest absolute Gasteiger partial charge is 0.348 e. The molecule has 0 radical (unpaired) electrons. The van der Waals surface area contributed by atoms with Gasteiger partial charge in [0.25, 0.3) is 0 Å². The molecule has 0 amide bonds. The predicted molar refractivity (Wildman–Crippen MR) is 97.2 cm³/mol. The molecule has 130 valence electrons. The number of carbonyl (C=O) groups is 1. The number of aromatic nitrogens is 2. The van der Waals surface area contributed by atoms with E-state index in [9.17, 15) is 4.79 Å². The van der Waals surface area contributed by atoms with Gasteiger partial charge in [-0.05, 0) is 56.4 Å². The van der Waals surface area contributed by atoms with E-state index in [4.69, 9.17) is 16.3 Å². The molecule has 0 atom stereocenters. The first-order valence-corrected chi connectivity index (χ1v) is 9.40. The second-order valence-corrected chi connectivity index (χ2v) is 7.22. The van der Waals surface area contributed by atoms with E-state index in [0.717, 1.165) is 43.3 Å². The van der Waals surface area contributed by atoms with Crippen LogP contribution in [0.3, 0.4) is 0 Å². The Kier molecular flexibility index (Phi) is 5.53. The van der Waals surface area contributed by atoms with Crippen LogP contribution in [0.1, 0.15) is 41.4 Å². The number of nitrogens with one attached hydrogen (secondary N) is 2. The Morgan fingerprint density at radius 2 is 2.17 bits per heavy atom. The average molecular weight is 369 g/mol. The molecule has 0 unspecified atom stereocenters. The number of thiophene rings is 1. The molecule has 1 saturated heterocycles. The average Bonchev–Trinajstić information content (AvgIpc) is 2.90. The van der Waals surface area contributed by atoms with Crippen molar-refractivity contribution < 1.29 is 9.53 Å². The molecule has 1 aliphatic heterocycles. The lowest BCUT2D eigenvalue weighted by molar-refractivity contribution is 0.0510. The van der Waals surface area contributed by atoms with Crippen molar-refractivity contribution in [3.63, 3.8) is 0 Å². The van der Waals surface area contributed by atoms with Crippen LogP contribution < -0.4 is 10.6 Å². The van der Waals surface area contributed by atoms with Gasteiger partial charge in [0, 0.05) is 6.04 Å². The van der Waals surface area contributed by atoms with E-state index < -0.39 is 0 Å². The minimum absolute atomic E-state index is 0.189. The highest BCUT2D eigenvalue weighted by molar-refractivity contribution is 7.20. The lowest BCUT2D eigenvalue weighted by Crippen LogP contribution is -2.35. The van der Waals surface area contributed by atoms with Crippen LogP contribution in [0, 0.1) is 6.92 Å². The number of piperidine rings is 1. The molecule has 0 aromatic carbocycles. The first-order chi connectivity index (χ1) is 11.6. The largest absolute Gasteiger partial charge is 0.462 e. The minimum Gasteiger partial charge on any atom is -0.462 e. The van der Waals surface area contributed by atoms with Gasteiger partial charge in [-0.2, -0.15) is 0 Å². The second-order valence-electron chi connectivity index (χ2n) is 5.88. The lowest BCUT2D eigenvalue weighted by atomic mass is 10.1. The SMILES string of the molecule is CCCOC(=O)c1sc2nc(Cl)nc(NC3CCNCC3)c2c1C. The third-order valence-electron chi connectivity index (χ3n) is 4.07. The molecule has 3 heterocycles. The van der Waals surface area contributed by atoms with Gasteiger partial charge in [0.05, 0.1) is 12.0 Å². The number of hydrogen-bond donors (Lipinski definition) is 2. The summed E-state index contributed by atoms with van der Waals surface area (Å²) in [6.07, 6.45) is 2.85. The molecule has 3 rings (SSSR count). The van der Waals surface area contributed by atoms with Crippen molar-refractivity contribution in [2.45, 2.75) is 39.2 Å². The molecule has 0 saturated carbocycles. The van der Waals surface area contributed by atoms with Gasteiger partial charge in [-0.15, -0.1) is 11.3 Å². The van der Waals surface area contributed by atoms with Crippen molar-refractivity contribution in [1.82, 2.24) is 15.3 Å². The Balaban J connectivity index is 1.96. The van der Waals surface area contributed by atoms with Crippen LogP contribution >= 0.6 is 22.9 Å². The Labute approximate surface area is 150 Å². The molecule has 2 N–H and O–H groups in total. The number of ether oxygens (including phenoxy) is 1. The molecular formula is C16H21ClN4O2S. The normalized spacial score (nSPS) is 15.6. The van der Waals surface area contributed by atoms with E-state index in [1.807, 2.05) is 13.8 Å². The summed E-state index contributed by atoms with van der Waals surface area (Å²) < 4.78 is 5.27. The zero-order valence-corrected chi connectivity index (χ0v) is 15.4. The van der Waals surface area contributed by atoms with E-state index in [1.165, 1.54) is 11.3 Å². The molecule has 1 aliphatic rings. The summed E-state index contributed by atoms with van der Waals surface area (Å²) in [6, 6.07) is 0.343. The van der Waals surface area contributed by atoms with Crippen molar-refractivity contribution in [1.29, 1.82) is 0 Å². The molecule has 0 aliphatic carbocycles. The number of rotatable bonds is 5. The Bertz CT molecular complexity index is 743. The fourth-order valence-corrected chi connectivity index (χ4v) is 4.13. The van der Waals surface area contributed by atoms with E-state index in [1.54, 1.807) is 0 Å². The fourth-order valence-electron chi connectivity index (χ4n) is 2.83. The number of nitrogens with zero attached hydrogens (tertiary/aromatic N) is 2. The molecule has 2 aromatic heterocycles. The number of hydrogen-bond acceptors (Lipinski definition) is 7. The summed E-state index contributed by atoms with van der Waals surface area (Å²) >= 11 is 7.39. The van der Waals surface area contributed by atoms with Crippen LogP contribution in [0.15, 0.2) is 0 Å². The van der Waals surface area contributed by atoms with Gasteiger partial charge in [0.2, 0.25) is 5.28 Å². The predicted octanol–water partition coefficient (Wildman–Crippen LogP) is 3.38. The molecule has 0 bridgehead atoms. The molecule has 8 heteroatoms. The van der Waals surface area contributed by atoms with Crippen LogP contribution in [0.2, 0.25) is 5.28 Å². The Morgan fingerprint density at radius 3 is 2.88 bits per heavy atom. The van der Waals surface area contributed by atoms with Crippen LogP contribution in [0.25, 0.3) is 10.2 Å². The van der Waals surface area contributed by atoms with Gasteiger partial charge in [0.15, 0.2) is 0 Å². The Hall–Kier alpha value is -1.44. The van der Waals surface area contributed by atoms with Crippen molar-refractivity contribution >= 4 is 44.9 Å². The molecule has 6 nitrogen and oxygen atoms in total. The van der Waals surface area contributed by atoms with E-state index in [0.29, 0.717) is 28.2 Å². The van der Waals surface area contributed by atoms with Gasteiger partial charge in [-0.25, -0.2) is 14.8 Å². The maximum Gasteiger partial charge on any atom is 0.348 e. The highest BCUT2D eigenvalue weighted by Crippen LogP contribution is 2.35. The number of esters is 1. The third kappa shape index (κ3) is 3.63. The van der Waals surface area contributed by atoms with E-state index in [2.05, 4.69) is 20.6 Å². The monoisotopic (exact) mass is 368 g/mol. The number of halogens is 1. The van der Waals surface area contributed by atoms with Gasteiger partial charge in [-0.1, -0.05) is 6.92 Å². The van der Waals surface area contributed by atoms with Gasteiger partial charge < -0.3 is 15.4 Å². The first-order valence-electron chi connectivity index (χ1n) is 8.21. The molecule has 1 fully saturated rings. The van der Waals surface area contributed by atoms with Crippen molar-refractivity contribution in [3.05, 3.63) is 15.7 Å². The van der Waals surface area contributed by atoms with Crippen molar-refractivity contribution in [2.24, 2.45) is 0 Å². The topological polar surface area (TPSA) is 76.1 Å². The fraction of sp³-hybridized carbons (Fsp3) is 0.562. The van der Waals surface area contributed by atoms with Gasteiger partial charge in [-0.3, -0.25) is 0 Å². The van der Waals surface area contributed by atoms with Crippen LogP contribution in [-0.2, 0) is 4.74 Å². The van der Waals surface area contributed by atoms with Gasteiger partial charge >= 0.3 is 5.97 Å². The number of fused-ring (bicyclic) bond motifs is 1. The zero-order chi connectivity index (χ0) is 17.1. The van der Waals surface area contributed by atoms with E-state index >= 15 is 0 Å². The quantitative estimate of drug-likeness (QED) is 0.622. The van der Waals surface area contributed by atoms with Gasteiger partial charge in [0.1, 0.15) is 15.5 Å². The summed E-state index contributed by atoms with van der Waals surface area (Å²) in [5, 5.41) is 7.88. The van der Waals surface area contributed by atoms with Crippen LogP contribution in [-0.4, -0.2) is 41.7 Å². The highest BCUT2D eigenvalue weighted by Gasteiger charge is 2.23. The van der Waals surface area contributed by atoms with Crippen molar-refractivity contribution in [3.8, 4) is 0 Å². The molecule has 2 aromatic rings. The highest BCUT2D eigenvalue weighted by atomic mass is 35.5. The summed E-state index contributed by atoms with van der Waals surface area (Å²) in [7, 11) is 0. The minimum atomic E-state index is -0.304. The third-order valence-corrected chi connectivity index (χ3v) is 5.40. The molecule has 0 spiro atoms. The molecular weight excluding hydrogens is 348 g/mol. The summed E-state index contributed by atoms with van der Waals surface area (Å²) in [5.74, 6) is 0.404. The lowest BCUT2D eigenvalue weighted by Gasteiger charge is -2.24.